The van der Waals surface area contributed by atoms with Gasteiger partial charge in [0, 0.05) is 11.1 Å². The third-order valence-corrected chi connectivity index (χ3v) is 3.32. The zero-order chi connectivity index (χ0) is 15.8. The van der Waals surface area contributed by atoms with Gasteiger partial charge in [-0.1, -0.05) is 20.8 Å². The maximum atomic E-state index is 11.9. The van der Waals surface area contributed by atoms with E-state index in [-0.39, 0.29) is 17.8 Å². The van der Waals surface area contributed by atoms with Crippen molar-refractivity contribution in [2.24, 2.45) is 0 Å². The fourth-order valence-corrected chi connectivity index (χ4v) is 2.03. The van der Waals surface area contributed by atoms with Gasteiger partial charge in [-0.05, 0) is 12.1 Å². The van der Waals surface area contributed by atoms with Crippen molar-refractivity contribution in [2.75, 3.05) is 18.2 Å². The minimum Gasteiger partial charge on any atom is -0.480 e. The van der Waals surface area contributed by atoms with Crippen LogP contribution in [0.3, 0.4) is 0 Å². The summed E-state index contributed by atoms with van der Waals surface area (Å²) in [6.07, 6.45) is 0. The van der Waals surface area contributed by atoms with Crippen molar-refractivity contribution in [3.05, 3.63) is 17.8 Å². The number of carbonyl (C=O) groups excluding carboxylic acids is 1. The summed E-state index contributed by atoms with van der Waals surface area (Å²) >= 11 is 0. The third kappa shape index (κ3) is 3.79. The summed E-state index contributed by atoms with van der Waals surface area (Å²) in [5.74, 6) is 0.0959. The number of phosphoric acid groups is 1. The highest BCUT2D eigenvalue weighted by Gasteiger charge is 2.30. The summed E-state index contributed by atoms with van der Waals surface area (Å²) in [4.78, 5) is 34.8. The largest absolute Gasteiger partial charge is 0.480 e. The second-order valence-corrected chi connectivity index (χ2v) is 6.87. The summed E-state index contributed by atoms with van der Waals surface area (Å²) < 4.78 is 20.5. The Hall–Kier alpha value is -1.47. The lowest BCUT2D eigenvalue weighted by Gasteiger charge is -2.29. The molecule has 0 radical (unpaired) electrons. The van der Waals surface area contributed by atoms with E-state index in [2.05, 4.69) is 9.51 Å². The summed E-state index contributed by atoms with van der Waals surface area (Å²) in [5.41, 5.74) is 0.478. The van der Waals surface area contributed by atoms with Crippen molar-refractivity contribution in [1.82, 2.24) is 4.98 Å². The van der Waals surface area contributed by atoms with Gasteiger partial charge in [-0.3, -0.25) is 14.2 Å². The molecule has 0 aromatic carbocycles. The second kappa shape index (κ2) is 5.38. The smallest absolute Gasteiger partial charge is 0.471 e. The number of phosphoric ester groups is 1. The molecule has 0 fully saturated rings. The predicted molar refractivity (Wildman–Crippen MR) is 73.9 cm³/mol. The highest BCUT2D eigenvalue weighted by molar-refractivity contribution is 7.46. The molecule has 0 aliphatic carbocycles. The molecule has 2 heterocycles. The van der Waals surface area contributed by atoms with Gasteiger partial charge in [0.15, 0.2) is 18.2 Å². The lowest BCUT2D eigenvalue weighted by molar-refractivity contribution is -0.122. The van der Waals surface area contributed by atoms with Crippen LogP contribution in [0.2, 0.25) is 0 Å². The summed E-state index contributed by atoms with van der Waals surface area (Å²) in [7, 11) is -4.68. The SMILES string of the molecule is CC(C)(C)c1ccc2c(n1)N(COP(=O)(O)O)C(=O)CO2. The van der Waals surface area contributed by atoms with Crippen LogP contribution in [-0.4, -0.2) is 34.0 Å². The second-order valence-electron chi connectivity index (χ2n) is 5.63. The number of nitrogens with zero attached hydrogens (tertiary/aromatic N) is 2. The van der Waals surface area contributed by atoms with Crippen LogP contribution < -0.4 is 9.64 Å². The molecular formula is C12H17N2O6P. The molecule has 1 amide bonds. The molecule has 0 saturated carbocycles. The van der Waals surface area contributed by atoms with Crippen molar-refractivity contribution < 1.29 is 28.4 Å². The highest BCUT2D eigenvalue weighted by Crippen LogP contribution is 2.38. The summed E-state index contributed by atoms with van der Waals surface area (Å²) in [6.45, 7) is 5.07. The van der Waals surface area contributed by atoms with E-state index in [1.807, 2.05) is 20.8 Å². The number of fused-ring (bicyclic) bond motifs is 1. The molecule has 0 bridgehead atoms. The fourth-order valence-electron chi connectivity index (χ4n) is 1.76. The first-order valence-corrected chi connectivity index (χ1v) is 7.76. The summed E-state index contributed by atoms with van der Waals surface area (Å²) in [6, 6.07) is 3.47. The van der Waals surface area contributed by atoms with E-state index in [4.69, 9.17) is 14.5 Å². The number of hydrogen-bond donors (Lipinski definition) is 2. The molecule has 0 atom stereocenters. The Kier molecular flexibility index (Phi) is 4.08. The first-order chi connectivity index (χ1) is 9.58. The minimum absolute atomic E-state index is 0.201. The first-order valence-electron chi connectivity index (χ1n) is 6.23. The lowest BCUT2D eigenvalue weighted by atomic mass is 9.91. The quantitative estimate of drug-likeness (QED) is 0.806. The molecule has 8 nitrogen and oxygen atoms in total. The van der Waals surface area contributed by atoms with Gasteiger partial charge in [-0.2, -0.15) is 0 Å². The molecular weight excluding hydrogens is 299 g/mol. The summed E-state index contributed by atoms with van der Waals surface area (Å²) in [5, 5.41) is 0. The van der Waals surface area contributed by atoms with E-state index in [1.54, 1.807) is 12.1 Å². The van der Waals surface area contributed by atoms with Crippen LogP contribution in [0.1, 0.15) is 26.5 Å². The molecule has 2 rings (SSSR count). The Morgan fingerprint density at radius 2 is 2.10 bits per heavy atom. The number of carbonyl (C=O) groups is 1. The average Bonchev–Trinajstić information content (AvgIpc) is 2.34. The van der Waals surface area contributed by atoms with E-state index in [0.29, 0.717) is 5.75 Å². The zero-order valence-electron chi connectivity index (χ0n) is 11.9. The zero-order valence-corrected chi connectivity index (χ0v) is 12.8. The number of rotatable bonds is 3. The molecule has 0 unspecified atom stereocenters. The van der Waals surface area contributed by atoms with Crippen LogP contribution in [0, 0.1) is 0 Å². The number of anilines is 1. The van der Waals surface area contributed by atoms with Crippen LogP contribution in [0.25, 0.3) is 0 Å². The predicted octanol–water partition coefficient (Wildman–Crippen LogP) is 1.17. The van der Waals surface area contributed by atoms with Crippen molar-refractivity contribution in [3.63, 3.8) is 0 Å². The van der Waals surface area contributed by atoms with Crippen molar-refractivity contribution in [3.8, 4) is 5.75 Å². The number of pyridine rings is 1. The highest BCUT2D eigenvalue weighted by atomic mass is 31.2. The number of amides is 1. The van der Waals surface area contributed by atoms with Gasteiger partial charge in [0.05, 0.1) is 0 Å². The Balaban J connectivity index is 2.36. The van der Waals surface area contributed by atoms with Crippen LogP contribution in [0.4, 0.5) is 5.82 Å². The Morgan fingerprint density at radius 1 is 1.43 bits per heavy atom. The molecule has 2 N–H and O–H groups in total. The van der Waals surface area contributed by atoms with Crippen molar-refractivity contribution in [2.45, 2.75) is 26.2 Å². The van der Waals surface area contributed by atoms with E-state index in [1.165, 1.54) is 0 Å². The molecule has 9 heteroatoms. The monoisotopic (exact) mass is 316 g/mol. The Bertz CT molecular complexity index is 606. The standard InChI is InChI=1S/C12H17N2O6P/c1-12(2,3)9-5-4-8-11(13-9)14(10(15)6-19-8)7-20-21(16,17)18/h4-5H,6-7H2,1-3H3,(H2,16,17,18). The van der Waals surface area contributed by atoms with E-state index >= 15 is 0 Å². The Morgan fingerprint density at radius 3 is 2.67 bits per heavy atom. The molecule has 0 saturated heterocycles. The maximum absolute atomic E-state index is 11.9. The van der Waals surface area contributed by atoms with Gasteiger partial charge in [0.2, 0.25) is 0 Å². The molecule has 1 aliphatic heterocycles. The van der Waals surface area contributed by atoms with E-state index < -0.39 is 20.5 Å². The normalized spacial score (nSPS) is 15.7. The van der Waals surface area contributed by atoms with Gasteiger partial charge in [-0.15, -0.1) is 0 Å². The molecule has 1 aromatic heterocycles. The molecule has 0 spiro atoms. The van der Waals surface area contributed by atoms with Gasteiger partial charge in [0.1, 0.15) is 6.73 Å². The van der Waals surface area contributed by atoms with Gasteiger partial charge in [0.25, 0.3) is 5.91 Å². The topological polar surface area (TPSA) is 109 Å². The first kappa shape index (κ1) is 15.9. The van der Waals surface area contributed by atoms with Crippen molar-refractivity contribution >= 4 is 19.5 Å². The van der Waals surface area contributed by atoms with Crippen LogP contribution in [-0.2, 0) is 19.3 Å². The van der Waals surface area contributed by atoms with Crippen LogP contribution in [0.15, 0.2) is 12.1 Å². The third-order valence-electron chi connectivity index (χ3n) is 2.87. The molecule has 116 valence electrons. The fraction of sp³-hybridized carbons (Fsp3) is 0.500. The number of ether oxygens (including phenoxy) is 1. The van der Waals surface area contributed by atoms with Crippen LogP contribution >= 0.6 is 7.82 Å². The van der Waals surface area contributed by atoms with Crippen molar-refractivity contribution in [1.29, 1.82) is 0 Å². The molecule has 21 heavy (non-hydrogen) atoms. The van der Waals surface area contributed by atoms with E-state index in [9.17, 15) is 9.36 Å². The number of aromatic nitrogens is 1. The van der Waals surface area contributed by atoms with Gasteiger partial charge < -0.3 is 14.5 Å². The average molecular weight is 316 g/mol. The molecule has 1 aliphatic rings. The van der Waals surface area contributed by atoms with E-state index in [0.717, 1.165) is 10.6 Å². The minimum atomic E-state index is -4.68. The molecule has 1 aromatic rings. The van der Waals surface area contributed by atoms with Gasteiger partial charge in [-0.25, -0.2) is 9.55 Å². The van der Waals surface area contributed by atoms with Gasteiger partial charge >= 0.3 is 7.82 Å². The number of hydrogen-bond acceptors (Lipinski definition) is 5. The Labute approximate surface area is 121 Å². The van der Waals surface area contributed by atoms with Crippen LogP contribution in [0.5, 0.6) is 5.75 Å². The lowest BCUT2D eigenvalue weighted by Crippen LogP contribution is -2.41. The maximum Gasteiger partial charge on any atom is 0.471 e.